The van der Waals surface area contributed by atoms with E-state index in [-0.39, 0.29) is 19.8 Å². The third-order valence-electron chi connectivity index (χ3n) is 5.89. The van der Waals surface area contributed by atoms with Crippen molar-refractivity contribution in [2.75, 3.05) is 39.6 Å². The average molecular weight is 497 g/mol. The number of hydrogen-bond donors (Lipinski definition) is 3. The molecule has 0 saturated heterocycles. The molecule has 33 heavy (non-hydrogen) atoms. The lowest BCUT2D eigenvalue weighted by Gasteiger charge is -2.28. The van der Waals surface area contributed by atoms with Crippen LogP contribution in [0.3, 0.4) is 0 Å². The van der Waals surface area contributed by atoms with E-state index in [1.54, 1.807) is 0 Å². The number of unbranched alkanes of at least 4 members (excludes halogenated alkanes) is 8. The quantitative estimate of drug-likeness (QED) is 0.109. The highest BCUT2D eigenvalue weighted by Crippen LogP contribution is 2.50. The number of hydrogen-bond acceptors (Lipinski definition) is 7. The Morgan fingerprint density at radius 1 is 0.606 bits per heavy atom. The van der Waals surface area contributed by atoms with Gasteiger partial charge in [0, 0.05) is 0 Å². The van der Waals surface area contributed by atoms with E-state index >= 15 is 0 Å². The summed E-state index contributed by atoms with van der Waals surface area (Å²) < 4.78 is 29.6. The molecule has 0 amide bonds. The zero-order valence-electron chi connectivity index (χ0n) is 21.8. The number of phosphoric ester groups is 1. The van der Waals surface area contributed by atoms with Crippen LogP contribution in [-0.4, -0.2) is 55.0 Å². The highest BCUT2D eigenvalue weighted by atomic mass is 31.2. The Kier molecular flexibility index (Phi) is 20.2. The van der Waals surface area contributed by atoms with E-state index in [1.165, 1.54) is 38.5 Å². The molecule has 0 radical (unpaired) electrons. The summed E-state index contributed by atoms with van der Waals surface area (Å²) in [6.07, 6.45) is 13.0. The van der Waals surface area contributed by atoms with Gasteiger partial charge in [0.15, 0.2) is 0 Å². The maximum Gasteiger partial charge on any atom is 0.474 e. The molecular weight excluding hydrogens is 443 g/mol. The second-order valence-electron chi connectivity index (χ2n) is 10.3. The minimum absolute atomic E-state index is 0.265. The minimum atomic E-state index is -3.84. The molecule has 0 heterocycles. The maximum atomic E-state index is 13.1. The fourth-order valence-electron chi connectivity index (χ4n) is 3.34. The molecule has 0 unspecified atom stereocenters. The van der Waals surface area contributed by atoms with Crippen molar-refractivity contribution in [1.29, 1.82) is 0 Å². The predicted octanol–water partition coefficient (Wildman–Crippen LogP) is 6.10. The molecule has 0 bridgehead atoms. The normalized spacial score (nSPS) is 12.9. The van der Waals surface area contributed by atoms with Crippen LogP contribution in [0.4, 0.5) is 0 Å². The molecule has 3 N–H and O–H groups in total. The van der Waals surface area contributed by atoms with Gasteiger partial charge in [-0.3, -0.25) is 13.6 Å². The average Bonchev–Trinajstić information content (AvgIpc) is 2.78. The van der Waals surface area contributed by atoms with Crippen LogP contribution in [0.5, 0.6) is 0 Å². The monoisotopic (exact) mass is 496 g/mol. The van der Waals surface area contributed by atoms with Crippen molar-refractivity contribution in [3.63, 3.8) is 0 Å². The van der Waals surface area contributed by atoms with Gasteiger partial charge in [-0.25, -0.2) is 4.57 Å². The smallest absolute Gasteiger partial charge is 0.396 e. The van der Waals surface area contributed by atoms with E-state index in [2.05, 4.69) is 27.7 Å². The molecule has 0 aliphatic heterocycles. The summed E-state index contributed by atoms with van der Waals surface area (Å²) >= 11 is 0. The van der Waals surface area contributed by atoms with Crippen LogP contribution in [0.2, 0.25) is 0 Å². The molecular formula is C25H53O7P. The molecule has 0 aliphatic carbocycles. The van der Waals surface area contributed by atoms with E-state index in [9.17, 15) is 19.9 Å². The first-order valence-electron chi connectivity index (χ1n) is 13.1. The van der Waals surface area contributed by atoms with Crippen LogP contribution in [0.15, 0.2) is 0 Å². The summed E-state index contributed by atoms with van der Waals surface area (Å²) in [6.45, 7) is 7.68. The third kappa shape index (κ3) is 18.0. The highest BCUT2D eigenvalue weighted by Gasteiger charge is 2.35. The second kappa shape index (κ2) is 20.2. The SMILES string of the molecule is CC(C)CCCCCCCOP(=O)(OCCCCCCCC(C)C)OCC(CO)(CO)CO. The van der Waals surface area contributed by atoms with Crippen molar-refractivity contribution in [1.82, 2.24) is 0 Å². The predicted molar refractivity (Wildman–Crippen MR) is 134 cm³/mol. The molecule has 0 saturated carbocycles. The summed E-state index contributed by atoms with van der Waals surface area (Å²) in [4.78, 5) is 0. The Bertz CT molecular complexity index is 445. The summed E-state index contributed by atoms with van der Waals surface area (Å²) in [6, 6.07) is 0. The molecule has 0 aliphatic rings. The molecule has 8 heteroatoms. The van der Waals surface area contributed by atoms with Crippen LogP contribution in [-0.2, 0) is 18.1 Å². The Labute approximate surface area is 203 Å². The Morgan fingerprint density at radius 3 is 1.33 bits per heavy atom. The van der Waals surface area contributed by atoms with Crippen LogP contribution < -0.4 is 0 Å². The minimum Gasteiger partial charge on any atom is -0.396 e. The van der Waals surface area contributed by atoms with Gasteiger partial charge in [-0.05, 0) is 24.7 Å². The molecule has 0 aromatic carbocycles. The summed E-state index contributed by atoms with van der Waals surface area (Å²) in [5, 5.41) is 28.5. The molecule has 0 fully saturated rings. The lowest BCUT2D eigenvalue weighted by Crippen LogP contribution is -2.38. The summed E-state index contributed by atoms with van der Waals surface area (Å²) in [5.74, 6) is 1.47. The number of phosphoric acid groups is 1. The van der Waals surface area contributed by atoms with Crippen LogP contribution in [0, 0.1) is 17.3 Å². The zero-order valence-corrected chi connectivity index (χ0v) is 22.7. The molecule has 0 aromatic heterocycles. The first-order chi connectivity index (χ1) is 15.7. The number of aliphatic hydroxyl groups excluding tert-OH is 3. The van der Waals surface area contributed by atoms with Gasteiger partial charge in [0.05, 0.1) is 45.1 Å². The fraction of sp³-hybridized carbons (Fsp3) is 1.00. The van der Waals surface area contributed by atoms with Gasteiger partial charge in [0.25, 0.3) is 0 Å². The Hall–Kier alpha value is -0.0100. The van der Waals surface area contributed by atoms with Crippen molar-refractivity contribution in [3.8, 4) is 0 Å². The van der Waals surface area contributed by atoms with Crippen molar-refractivity contribution < 1.29 is 33.5 Å². The lowest BCUT2D eigenvalue weighted by molar-refractivity contribution is -0.0367. The van der Waals surface area contributed by atoms with Gasteiger partial charge < -0.3 is 15.3 Å². The number of aliphatic hydroxyl groups is 3. The molecule has 0 aromatic rings. The molecule has 0 spiro atoms. The Morgan fingerprint density at radius 2 is 0.970 bits per heavy atom. The van der Waals surface area contributed by atoms with Gasteiger partial charge in [0.2, 0.25) is 0 Å². The van der Waals surface area contributed by atoms with E-state index < -0.39 is 33.1 Å². The van der Waals surface area contributed by atoms with Crippen molar-refractivity contribution in [2.45, 2.75) is 105 Å². The molecule has 0 atom stereocenters. The third-order valence-corrected chi connectivity index (χ3v) is 7.33. The van der Waals surface area contributed by atoms with Crippen molar-refractivity contribution >= 4 is 7.82 Å². The topological polar surface area (TPSA) is 105 Å². The zero-order chi connectivity index (χ0) is 25.0. The fourth-order valence-corrected chi connectivity index (χ4v) is 4.70. The molecule has 0 rings (SSSR count). The summed E-state index contributed by atoms with van der Waals surface area (Å²) in [5.41, 5.74) is -1.28. The van der Waals surface area contributed by atoms with Crippen LogP contribution >= 0.6 is 7.82 Å². The first kappa shape index (κ1) is 33.0. The lowest BCUT2D eigenvalue weighted by atomic mass is 9.93. The van der Waals surface area contributed by atoms with E-state index in [4.69, 9.17) is 13.6 Å². The van der Waals surface area contributed by atoms with E-state index in [0.717, 1.165) is 50.4 Å². The highest BCUT2D eigenvalue weighted by molar-refractivity contribution is 7.48. The van der Waals surface area contributed by atoms with Crippen molar-refractivity contribution in [3.05, 3.63) is 0 Å². The largest absolute Gasteiger partial charge is 0.474 e. The number of rotatable bonds is 24. The standard InChI is InChI=1S/C25H53O7P/c1-23(2)15-11-7-5-9-13-17-30-33(29,32-22-25(19-26,20-27)21-28)31-18-14-10-6-8-12-16-24(3)4/h23-24,26-28H,5-22H2,1-4H3. The maximum absolute atomic E-state index is 13.1. The van der Waals surface area contributed by atoms with Gasteiger partial charge >= 0.3 is 7.82 Å². The van der Waals surface area contributed by atoms with Gasteiger partial charge in [0.1, 0.15) is 0 Å². The van der Waals surface area contributed by atoms with E-state index in [1.807, 2.05) is 0 Å². The Balaban J connectivity index is 4.41. The van der Waals surface area contributed by atoms with Crippen molar-refractivity contribution in [2.24, 2.45) is 17.3 Å². The second-order valence-corrected chi connectivity index (χ2v) is 11.9. The summed E-state index contributed by atoms with van der Waals surface area (Å²) in [7, 11) is -3.84. The van der Waals surface area contributed by atoms with Gasteiger partial charge in [-0.15, -0.1) is 0 Å². The van der Waals surface area contributed by atoms with Gasteiger partial charge in [-0.1, -0.05) is 91.9 Å². The first-order valence-corrected chi connectivity index (χ1v) is 14.5. The van der Waals surface area contributed by atoms with E-state index in [0.29, 0.717) is 0 Å². The molecule has 7 nitrogen and oxygen atoms in total. The molecule has 200 valence electrons. The van der Waals surface area contributed by atoms with Crippen LogP contribution in [0.25, 0.3) is 0 Å². The van der Waals surface area contributed by atoms with Gasteiger partial charge in [-0.2, -0.15) is 0 Å². The van der Waals surface area contributed by atoms with Crippen LogP contribution in [0.1, 0.15) is 105 Å².